The van der Waals surface area contributed by atoms with Crippen LogP contribution in [-0.4, -0.2) is 44.9 Å². The van der Waals surface area contributed by atoms with Crippen LogP contribution in [0.3, 0.4) is 0 Å². The lowest BCUT2D eigenvalue weighted by Crippen LogP contribution is -2.40. The number of Topliss-reactive ketones (excluding diaryl/α,β-unsaturated/α-hetero) is 1. The molecule has 1 saturated heterocycles. The highest BCUT2D eigenvalue weighted by atomic mass is 32.2. The van der Waals surface area contributed by atoms with Crippen LogP contribution in [0.4, 0.5) is 0 Å². The predicted molar refractivity (Wildman–Crippen MR) is 113 cm³/mol. The highest BCUT2D eigenvalue weighted by Gasteiger charge is 2.30. The van der Waals surface area contributed by atoms with E-state index < -0.39 is 9.84 Å². The maximum atomic E-state index is 13.1. The maximum Gasteiger partial charge on any atom is 0.222 e. The molecule has 0 spiro atoms. The molecular weight excluding hydrogens is 386 g/mol. The molecule has 1 aliphatic rings. The Bertz CT molecular complexity index is 1010. The van der Waals surface area contributed by atoms with Crippen LogP contribution >= 0.6 is 0 Å². The van der Waals surface area contributed by atoms with Gasteiger partial charge in [-0.1, -0.05) is 36.4 Å². The lowest BCUT2D eigenvalue weighted by atomic mass is 9.81. The van der Waals surface area contributed by atoms with E-state index in [0.29, 0.717) is 25.8 Å². The first-order chi connectivity index (χ1) is 13.7. The molecule has 1 amide bonds. The number of benzene rings is 2. The lowest BCUT2D eigenvalue weighted by molar-refractivity contribution is -0.136. The Hall–Kier alpha value is -2.47. The molecule has 0 bridgehead atoms. The van der Waals surface area contributed by atoms with Crippen molar-refractivity contribution in [3.63, 3.8) is 0 Å². The number of carbonyl (C=O) groups is 2. The van der Waals surface area contributed by atoms with Crippen molar-refractivity contribution in [1.29, 1.82) is 0 Å². The molecule has 29 heavy (non-hydrogen) atoms. The summed E-state index contributed by atoms with van der Waals surface area (Å²) < 4.78 is 23.6. The average molecular weight is 414 g/mol. The van der Waals surface area contributed by atoms with Gasteiger partial charge in [-0.3, -0.25) is 9.59 Å². The molecular formula is C23H27NO4S. The molecule has 3 rings (SSSR count). The number of piperidine rings is 1. The van der Waals surface area contributed by atoms with Crippen molar-refractivity contribution in [3.8, 4) is 0 Å². The second-order valence-electron chi connectivity index (χ2n) is 7.93. The van der Waals surface area contributed by atoms with Crippen molar-refractivity contribution in [2.45, 2.75) is 37.0 Å². The van der Waals surface area contributed by atoms with E-state index in [2.05, 4.69) is 0 Å². The lowest BCUT2D eigenvalue weighted by Gasteiger charge is -2.30. The van der Waals surface area contributed by atoms with Crippen LogP contribution in [-0.2, 0) is 19.4 Å². The van der Waals surface area contributed by atoms with Crippen LogP contribution in [0.15, 0.2) is 53.4 Å². The fourth-order valence-electron chi connectivity index (χ4n) is 3.98. The molecule has 0 aliphatic carbocycles. The summed E-state index contributed by atoms with van der Waals surface area (Å²) in [5.74, 6) is -0.0783. The standard InChI is InChI=1S/C23H27NO4S/c1-16-6-4-5-7-20(16)21(17-8-11-19(12-9-17)29(3,27)28)14-22(25)18-10-13-23(26)24(2)15-18/h4-9,11-12,18,21H,10,13-15H2,1-3H3/t18-,21-/m1/s1. The summed E-state index contributed by atoms with van der Waals surface area (Å²) in [7, 11) is -1.53. The third kappa shape index (κ3) is 4.93. The molecule has 0 N–H and O–H groups in total. The van der Waals surface area contributed by atoms with E-state index in [0.717, 1.165) is 16.7 Å². The van der Waals surface area contributed by atoms with Crippen LogP contribution in [0.2, 0.25) is 0 Å². The fourth-order valence-corrected chi connectivity index (χ4v) is 4.61. The third-order valence-corrected chi connectivity index (χ3v) is 6.89. The molecule has 2 atom stereocenters. The van der Waals surface area contributed by atoms with Gasteiger partial charge in [-0.25, -0.2) is 8.42 Å². The highest BCUT2D eigenvalue weighted by molar-refractivity contribution is 7.90. The summed E-state index contributed by atoms with van der Waals surface area (Å²) in [6, 6.07) is 14.8. The first kappa shape index (κ1) is 21.2. The second-order valence-corrected chi connectivity index (χ2v) is 9.95. The van der Waals surface area contributed by atoms with Crippen LogP contribution in [0, 0.1) is 12.8 Å². The van der Waals surface area contributed by atoms with Crippen LogP contribution < -0.4 is 0 Å². The number of amides is 1. The van der Waals surface area contributed by atoms with E-state index in [1.807, 2.05) is 31.2 Å². The molecule has 0 radical (unpaired) electrons. The molecule has 1 heterocycles. The van der Waals surface area contributed by atoms with Crippen molar-refractivity contribution < 1.29 is 18.0 Å². The summed E-state index contributed by atoms with van der Waals surface area (Å²) in [6.07, 6.45) is 2.52. The van der Waals surface area contributed by atoms with Gasteiger partial charge in [-0.2, -0.15) is 0 Å². The number of rotatable bonds is 6. The Morgan fingerprint density at radius 2 is 1.79 bits per heavy atom. The van der Waals surface area contributed by atoms with Gasteiger partial charge in [-0.05, 0) is 42.2 Å². The van der Waals surface area contributed by atoms with Crippen LogP contribution in [0.5, 0.6) is 0 Å². The van der Waals surface area contributed by atoms with E-state index in [1.165, 1.54) is 6.26 Å². The minimum atomic E-state index is -3.27. The normalized spacial score (nSPS) is 18.5. The van der Waals surface area contributed by atoms with Gasteiger partial charge in [0, 0.05) is 44.5 Å². The topological polar surface area (TPSA) is 71.5 Å². The van der Waals surface area contributed by atoms with Crippen molar-refractivity contribution >= 4 is 21.5 Å². The largest absolute Gasteiger partial charge is 0.345 e. The van der Waals surface area contributed by atoms with Crippen molar-refractivity contribution in [2.24, 2.45) is 5.92 Å². The summed E-state index contributed by atoms with van der Waals surface area (Å²) in [5.41, 5.74) is 3.07. The smallest absolute Gasteiger partial charge is 0.222 e. The first-order valence-electron chi connectivity index (χ1n) is 9.79. The van der Waals surface area contributed by atoms with E-state index in [1.54, 1.807) is 36.2 Å². The third-order valence-electron chi connectivity index (χ3n) is 5.76. The summed E-state index contributed by atoms with van der Waals surface area (Å²) >= 11 is 0. The molecule has 2 aromatic carbocycles. The fraction of sp³-hybridized carbons (Fsp3) is 0.391. The Balaban J connectivity index is 1.91. The van der Waals surface area contributed by atoms with Crippen molar-refractivity contribution in [2.75, 3.05) is 19.8 Å². The molecule has 1 aliphatic heterocycles. The van der Waals surface area contributed by atoms with Gasteiger partial charge in [0.1, 0.15) is 5.78 Å². The van der Waals surface area contributed by atoms with Gasteiger partial charge < -0.3 is 4.90 Å². The quantitative estimate of drug-likeness (QED) is 0.728. The monoisotopic (exact) mass is 413 g/mol. The van der Waals surface area contributed by atoms with Crippen LogP contribution in [0.25, 0.3) is 0 Å². The van der Waals surface area contributed by atoms with E-state index in [-0.39, 0.29) is 28.4 Å². The van der Waals surface area contributed by atoms with Gasteiger partial charge in [0.15, 0.2) is 9.84 Å². The number of sulfone groups is 1. The van der Waals surface area contributed by atoms with E-state index >= 15 is 0 Å². The van der Waals surface area contributed by atoms with E-state index in [9.17, 15) is 18.0 Å². The average Bonchev–Trinajstić information content (AvgIpc) is 2.68. The van der Waals surface area contributed by atoms with Crippen molar-refractivity contribution in [1.82, 2.24) is 4.90 Å². The Morgan fingerprint density at radius 3 is 2.38 bits per heavy atom. The molecule has 154 valence electrons. The van der Waals surface area contributed by atoms with E-state index in [4.69, 9.17) is 0 Å². The molecule has 1 fully saturated rings. The molecule has 0 unspecified atom stereocenters. The predicted octanol–water partition coefficient (Wildman–Crippen LogP) is 3.36. The zero-order valence-electron chi connectivity index (χ0n) is 17.1. The molecule has 5 nitrogen and oxygen atoms in total. The summed E-state index contributed by atoms with van der Waals surface area (Å²) in [4.78, 5) is 26.8. The molecule has 0 saturated carbocycles. The number of hydrogen-bond acceptors (Lipinski definition) is 4. The number of hydrogen-bond donors (Lipinski definition) is 0. The number of nitrogens with zero attached hydrogens (tertiary/aromatic N) is 1. The number of aryl methyl sites for hydroxylation is 1. The SMILES string of the molecule is Cc1ccccc1[C@H](CC(=O)[C@@H]1CCC(=O)N(C)C1)c1ccc(S(C)(=O)=O)cc1. The highest BCUT2D eigenvalue weighted by Crippen LogP contribution is 2.33. The number of likely N-dealkylation sites (tertiary alicyclic amines) is 1. The van der Waals surface area contributed by atoms with Crippen LogP contribution in [0.1, 0.15) is 41.9 Å². The van der Waals surface area contributed by atoms with Gasteiger partial charge in [0.05, 0.1) is 4.90 Å². The number of carbonyl (C=O) groups excluding carboxylic acids is 2. The van der Waals surface area contributed by atoms with Crippen molar-refractivity contribution in [3.05, 3.63) is 65.2 Å². The van der Waals surface area contributed by atoms with Gasteiger partial charge in [-0.15, -0.1) is 0 Å². The molecule has 2 aromatic rings. The minimum absolute atomic E-state index is 0.0841. The minimum Gasteiger partial charge on any atom is -0.345 e. The zero-order chi connectivity index (χ0) is 21.2. The zero-order valence-corrected chi connectivity index (χ0v) is 17.9. The summed E-state index contributed by atoms with van der Waals surface area (Å²) in [6.45, 7) is 2.48. The summed E-state index contributed by atoms with van der Waals surface area (Å²) in [5, 5.41) is 0. The first-order valence-corrected chi connectivity index (χ1v) is 11.7. The van der Waals surface area contributed by atoms with Gasteiger partial charge in [0.2, 0.25) is 5.91 Å². The Morgan fingerprint density at radius 1 is 1.14 bits per heavy atom. The van der Waals surface area contributed by atoms with Gasteiger partial charge >= 0.3 is 0 Å². The maximum absolute atomic E-state index is 13.1. The second kappa shape index (κ2) is 8.49. The Labute approximate surface area is 172 Å². The Kier molecular flexibility index (Phi) is 6.22. The van der Waals surface area contributed by atoms with Gasteiger partial charge in [0.25, 0.3) is 0 Å². The molecule has 6 heteroatoms. The number of ketones is 1. The molecule has 0 aromatic heterocycles.